The second-order valence-electron chi connectivity index (χ2n) is 4.49. The van der Waals surface area contributed by atoms with E-state index in [2.05, 4.69) is 26.6 Å². The van der Waals surface area contributed by atoms with E-state index in [0.29, 0.717) is 5.69 Å². The molecule has 22 heavy (non-hydrogen) atoms. The summed E-state index contributed by atoms with van der Waals surface area (Å²) < 4.78 is 38.1. The maximum atomic E-state index is 12.4. The van der Waals surface area contributed by atoms with Crippen LogP contribution >= 0.6 is 15.9 Å². The van der Waals surface area contributed by atoms with Crippen LogP contribution in [0.4, 0.5) is 24.5 Å². The summed E-state index contributed by atoms with van der Waals surface area (Å²) in [5, 5.41) is 5.44. The lowest BCUT2D eigenvalue weighted by Gasteiger charge is -2.10. The Labute approximate surface area is 133 Å². The Morgan fingerprint density at radius 1 is 1.05 bits per heavy atom. The van der Waals surface area contributed by atoms with Crippen LogP contribution in [-0.2, 0) is 11.0 Å². The summed E-state index contributed by atoms with van der Waals surface area (Å²) in [6.07, 6.45) is -4.38. The van der Waals surface area contributed by atoms with Gasteiger partial charge in [0.1, 0.15) is 0 Å². The van der Waals surface area contributed by atoms with Crippen molar-refractivity contribution in [1.82, 2.24) is 0 Å². The third-order valence-electron chi connectivity index (χ3n) is 2.77. The molecule has 0 saturated carbocycles. The van der Waals surface area contributed by atoms with Gasteiger partial charge in [0.25, 0.3) is 0 Å². The summed E-state index contributed by atoms with van der Waals surface area (Å²) in [7, 11) is 0. The maximum Gasteiger partial charge on any atom is 0.416 e. The van der Waals surface area contributed by atoms with Gasteiger partial charge in [-0.05, 0) is 42.5 Å². The van der Waals surface area contributed by atoms with Crippen LogP contribution in [0.1, 0.15) is 5.56 Å². The lowest BCUT2D eigenvalue weighted by atomic mass is 10.2. The van der Waals surface area contributed by atoms with Gasteiger partial charge < -0.3 is 10.6 Å². The van der Waals surface area contributed by atoms with Crippen molar-refractivity contribution in [2.75, 3.05) is 17.2 Å². The molecule has 0 aromatic heterocycles. The number of anilines is 2. The van der Waals surface area contributed by atoms with Crippen molar-refractivity contribution in [3.63, 3.8) is 0 Å². The van der Waals surface area contributed by atoms with Crippen molar-refractivity contribution in [1.29, 1.82) is 0 Å². The number of hydrogen-bond donors (Lipinski definition) is 2. The highest BCUT2D eigenvalue weighted by atomic mass is 79.9. The SMILES string of the molecule is O=C(CNc1cccc(Br)c1)Nc1ccc(C(F)(F)F)cc1. The van der Waals surface area contributed by atoms with E-state index >= 15 is 0 Å². The molecule has 0 unspecified atom stereocenters. The van der Waals surface area contributed by atoms with Crippen LogP contribution in [0, 0.1) is 0 Å². The summed E-state index contributed by atoms with van der Waals surface area (Å²) >= 11 is 3.31. The second kappa shape index (κ2) is 6.83. The van der Waals surface area contributed by atoms with Gasteiger partial charge in [-0.3, -0.25) is 4.79 Å². The first-order chi connectivity index (χ1) is 10.3. The maximum absolute atomic E-state index is 12.4. The Bertz CT molecular complexity index is 657. The molecule has 0 aliphatic carbocycles. The first kappa shape index (κ1) is 16.4. The molecule has 7 heteroatoms. The van der Waals surface area contributed by atoms with Gasteiger partial charge in [-0.25, -0.2) is 0 Å². The van der Waals surface area contributed by atoms with Crippen molar-refractivity contribution in [3.05, 3.63) is 58.6 Å². The van der Waals surface area contributed by atoms with E-state index in [1.54, 1.807) is 6.07 Å². The molecule has 0 spiro atoms. The third-order valence-corrected chi connectivity index (χ3v) is 3.27. The number of hydrogen-bond acceptors (Lipinski definition) is 2. The zero-order valence-corrected chi connectivity index (χ0v) is 12.8. The molecule has 0 aliphatic heterocycles. The zero-order chi connectivity index (χ0) is 16.2. The molecule has 1 amide bonds. The zero-order valence-electron chi connectivity index (χ0n) is 11.2. The third kappa shape index (κ3) is 4.77. The summed E-state index contributed by atoms with van der Waals surface area (Å²) in [4.78, 5) is 11.7. The van der Waals surface area contributed by atoms with Gasteiger partial charge in [-0.15, -0.1) is 0 Å². The predicted molar refractivity (Wildman–Crippen MR) is 82.7 cm³/mol. The number of nitrogens with one attached hydrogen (secondary N) is 2. The van der Waals surface area contributed by atoms with Crippen molar-refractivity contribution >= 4 is 33.2 Å². The average molecular weight is 373 g/mol. The first-order valence-corrected chi connectivity index (χ1v) is 7.10. The Kier molecular flexibility index (Phi) is 5.07. The summed E-state index contributed by atoms with van der Waals surface area (Å²) in [5.41, 5.74) is 0.323. The first-order valence-electron chi connectivity index (χ1n) is 6.31. The second-order valence-corrected chi connectivity index (χ2v) is 5.40. The molecule has 3 nitrogen and oxygen atoms in total. The standard InChI is InChI=1S/C15H12BrF3N2O/c16-11-2-1-3-13(8-11)20-9-14(22)21-12-6-4-10(5-7-12)15(17,18)19/h1-8,20H,9H2,(H,21,22). The van der Waals surface area contributed by atoms with Crippen molar-refractivity contribution < 1.29 is 18.0 Å². The Morgan fingerprint density at radius 3 is 2.32 bits per heavy atom. The van der Waals surface area contributed by atoms with Gasteiger partial charge in [0.15, 0.2) is 0 Å². The van der Waals surface area contributed by atoms with E-state index < -0.39 is 11.7 Å². The molecular formula is C15H12BrF3N2O. The molecule has 0 heterocycles. The van der Waals surface area contributed by atoms with E-state index in [1.807, 2.05) is 18.2 Å². The van der Waals surface area contributed by atoms with Crippen LogP contribution in [0.5, 0.6) is 0 Å². The number of carbonyl (C=O) groups excluding carboxylic acids is 1. The highest BCUT2D eigenvalue weighted by Crippen LogP contribution is 2.29. The minimum absolute atomic E-state index is 0.0114. The fraction of sp³-hybridized carbons (Fsp3) is 0.133. The van der Waals surface area contributed by atoms with Gasteiger partial charge in [-0.2, -0.15) is 13.2 Å². The lowest BCUT2D eigenvalue weighted by Crippen LogP contribution is -2.21. The smallest absolute Gasteiger partial charge is 0.376 e. The number of benzene rings is 2. The van der Waals surface area contributed by atoms with E-state index in [9.17, 15) is 18.0 Å². The number of halogens is 4. The summed E-state index contributed by atoms with van der Waals surface area (Å²) in [6, 6.07) is 11.6. The fourth-order valence-corrected chi connectivity index (χ4v) is 2.13. The van der Waals surface area contributed by atoms with Crippen molar-refractivity contribution in [2.24, 2.45) is 0 Å². The van der Waals surface area contributed by atoms with Crippen LogP contribution < -0.4 is 10.6 Å². The fourth-order valence-electron chi connectivity index (χ4n) is 1.73. The molecular weight excluding hydrogens is 361 g/mol. The van der Waals surface area contributed by atoms with Gasteiger partial charge >= 0.3 is 6.18 Å². The molecule has 0 bridgehead atoms. The van der Waals surface area contributed by atoms with Crippen LogP contribution in [0.25, 0.3) is 0 Å². The molecule has 0 fully saturated rings. The molecule has 2 rings (SSSR count). The predicted octanol–water partition coefficient (Wildman–Crippen LogP) is 4.52. The van der Waals surface area contributed by atoms with E-state index in [1.165, 1.54) is 12.1 Å². The molecule has 2 N–H and O–H groups in total. The molecule has 2 aromatic carbocycles. The van der Waals surface area contributed by atoms with Gasteiger partial charge in [0.05, 0.1) is 12.1 Å². The number of rotatable bonds is 4. The van der Waals surface area contributed by atoms with Crippen LogP contribution in [0.3, 0.4) is 0 Å². The topological polar surface area (TPSA) is 41.1 Å². The molecule has 0 radical (unpaired) electrons. The average Bonchev–Trinajstić information content (AvgIpc) is 2.45. The van der Waals surface area contributed by atoms with E-state index in [0.717, 1.165) is 22.3 Å². The van der Waals surface area contributed by atoms with Crippen molar-refractivity contribution in [3.8, 4) is 0 Å². The van der Waals surface area contributed by atoms with E-state index in [4.69, 9.17) is 0 Å². The van der Waals surface area contributed by atoms with Crippen molar-refractivity contribution in [2.45, 2.75) is 6.18 Å². The van der Waals surface area contributed by atoms with Gasteiger partial charge in [-0.1, -0.05) is 22.0 Å². The number of amides is 1. The highest BCUT2D eigenvalue weighted by Gasteiger charge is 2.29. The largest absolute Gasteiger partial charge is 0.416 e. The Hall–Kier alpha value is -2.02. The molecule has 0 aliphatic rings. The quantitative estimate of drug-likeness (QED) is 0.828. The normalized spacial score (nSPS) is 11.1. The highest BCUT2D eigenvalue weighted by molar-refractivity contribution is 9.10. The van der Waals surface area contributed by atoms with Crippen LogP contribution in [0.15, 0.2) is 53.0 Å². The minimum Gasteiger partial charge on any atom is -0.376 e. The van der Waals surface area contributed by atoms with E-state index in [-0.39, 0.29) is 12.5 Å². The Balaban J connectivity index is 1.89. The molecule has 2 aromatic rings. The molecule has 116 valence electrons. The molecule has 0 saturated heterocycles. The van der Waals surface area contributed by atoms with Crippen LogP contribution in [-0.4, -0.2) is 12.5 Å². The van der Waals surface area contributed by atoms with Gasteiger partial charge in [0.2, 0.25) is 5.91 Å². The minimum atomic E-state index is -4.38. The molecule has 0 atom stereocenters. The lowest BCUT2D eigenvalue weighted by molar-refractivity contribution is -0.137. The summed E-state index contributed by atoms with van der Waals surface area (Å²) in [6.45, 7) is 0.0114. The summed E-state index contributed by atoms with van der Waals surface area (Å²) in [5.74, 6) is -0.347. The van der Waals surface area contributed by atoms with Gasteiger partial charge in [0, 0.05) is 15.8 Å². The van der Waals surface area contributed by atoms with Crippen LogP contribution in [0.2, 0.25) is 0 Å². The monoisotopic (exact) mass is 372 g/mol. The number of carbonyl (C=O) groups is 1. The Morgan fingerprint density at radius 2 is 1.73 bits per heavy atom. The number of alkyl halides is 3.